The molecule has 3 heteroatoms. The first kappa shape index (κ1) is 13.7. The maximum atomic E-state index is 10.9. The number of hydrogen-bond donors (Lipinski definition) is 1. The van der Waals surface area contributed by atoms with E-state index in [-0.39, 0.29) is 12.6 Å². The van der Waals surface area contributed by atoms with Crippen LogP contribution in [-0.4, -0.2) is 18.2 Å². The molecule has 3 nitrogen and oxygen atoms in total. The zero-order chi connectivity index (χ0) is 12.5. The average Bonchev–Trinajstić information content (AvgIpc) is 2.38. The molecular weight excluding hydrogens is 216 g/mol. The number of ether oxygens (including phenoxy) is 1. The van der Waals surface area contributed by atoms with Gasteiger partial charge in [-0.25, -0.2) is 0 Å². The Morgan fingerprint density at radius 3 is 2.71 bits per heavy atom. The molecule has 1 aromatic rings. The van der Waals surface area contributed by atoms with Crippen molar-refractivity contribution in [2.24, 2.45) is 0 Å². The minimum absolute atomic E-state index is 0.0934. The second kappa shape index (κ2) is 7.85. The van der Waals surface area contributed by atoms with Crippen molar-refractivity contribution >= 4 is 5.97 Å². The van der Waals surface area contributed by atoms with E-state index in [9.17, 15) is 4.79 Å². The zero-order valence-electron chi connectivity index (χ0n) is 10.3. The van der Waals surface area contributed by atoms with Crippen molar-refractivity contribution in [1.82, 2.24) is 0 Å². The minimum Gasteiger partial charge on any atom is -0.469 e. The quantitative estimate of drug-likeness (QED) is 0.584. The Bertz CT molecular complexity index is 347. The topological polar surface area (TPSA) is 46.5 Å². The molecule has 1 rings (SSSR count). The van der Waals surface area contributed by atoms with Gasteiger partial charge in [-0.1, -0.05) is 30.7 Å². The lowest BCUT2D eigenvalue weighted by Crippen LogP contribution is -1.99. The number of hydrogen-bond acceptors (Lipinski definition) is 3. The van der Waals surface area contributed by atoms with Gasteiger partial charge < -0.3 is 9.84 Å². The van der Waals surface area contributed by atoms with Crippen molar-refractivity contribution in [1.29, 1.82) is 0 Å². The highest BCUT2D eigenvalue weighted by molar-refractivity contribution is 5.68. The SMILES string of the molecule is COC(=O)CCCCCc1cccc(CO)c1. The second-order valence-corrected chi connectivity index (χ2v) is 4.11. The van der Waals surface area contributed by atoms with E-state index in [0.29, 0.717) is 6.42 Å². The van der Waals surface area contributed by atoms with E-state index in [0.717, 1.165) is 31.2 Å². The lowest BCUT2D eigenvalue weighted by atomic mass is 10.0. The fourth-order valence-electron chi connectivity index (χ4n) is 1.76. The number of rotatable bonds is 7. The first-order chi connectivity index (χ1) is 8.26. The molecule has 94 valence electrons. The highest BCUT2D eigenvalue weighted by Crippen LogP contribution is 2.10. The average molecular weight is 236 g/mol. The number of esters is 1. The Morgan fingerprint density at radius 2 is 2.00 bits per heavy atom. The summed E-state index contributed by atoms with van der Waals surface area (Å²) in [4.78, 5) is 10.9. The molecule has 0 amide bonds. The molecule has 0 atom stereocenters. The molecule has 0 spiro atoms. The Morgan fingerprint density at radius 1 is 1.24 bits per heavy atom. The van der Waals surface area contributed by atoms with E-state index in [1.807, 2.05) is 18.2 Å². The predicted octanol–water partition coefficient (Wildman–Crippen LogP) is 2.45. The number of unbranched alkanes of at least 4 members (excludes halogenated alkanes) is 2. The van der Waals surface area contributed by atoms with Crippen LogP contribution in [0.3, 0.4) is 0 Å². The van der Waals surface area contributed by atoms with Gasteiger partial charge in [0, 0.05) is 6.42 Å². The van der Waals surface area contributed by atoms with E-state index in [2.05, 4.69) is 10.8 Å². The first-order valence-electron chi connectivity index (χ1n) is 6.01. The summed E-state index contributed by atoms with van der Waals surface area (Å²) < 4.78 is 4.58. The Labute approximate surface area is 102 Å². The third-order valence-electron chi connectivity index (χ3n) is 2.75. The van der Waals surface area contributed by atoms with Crippen LogP contribution in [0.1, 0.15) is 36.8 Å². The van der Waals surface area contributed by atoms with E-state index < -0.39 is 0 Å². The number of carbonyl (C=O) groups excluding carboxylic acids is 1. The zero-order valence-corrected chi connectivity index (χ0v) is 10.3. The lowest BCUT2D eigenvalue weighted by molar-refractivity contribution is -0.140. The van der Waals surface area contributed by atoms with Gasteiger partial charge in [0.15, 0.2) is 0 Å². The largest absolute Gasteiger partial charge is 0.469 e. The Hall–Kier alpha value is -1.35. The van der Waals surface area contributed by atoms with Gasteiger partial charge >= 0.3 is 5.97 Å². The standard InChI is InChI=1S/C14H20O3/c1-17-14(16)9-4-2-3-6-12-7-5-8-13(10-12)11-15/h5,7-8,10,15H,2-4,6,9,11H2,1H3. The first-order valence-corrected chi connectivity index (χ1v) is 6.01. The minimum atomic E-state index is -0.132. The fraction of sp³-hybridized carbons (Fsp3) is 0.500. The summed E-state index contributed by atoms with van der Waals surface area (Å²) in [5.74, 6) is -0.132. The summed E-state index contributed by atoms with van der Waals surface area (Å²) in [6.45, 7) is 0.0934. The van der Waals surface area contributed by atoms with E-state index in [1.165, 1.54) is 12.7 Å². The van der Waals surface area contributed by atoms with Crippen LogP contribution < -0.4 is 0 Å². The summed E-state index contributed by atoms with van der Waals surface area (Å²) >= 11 is 0. The van der Waals surface area contributed by atoms with Crippen LogP contribution in [0.4, 0.5) is 0 Å². The number of aryl methyl sites for hydroxylation is 1. The Kier molecular flexibility index (Phi) is 6.33. The molecule has 1 N–H and O–H groups in total. The summed E-state index contributed by atoms with van der Waals surface area (Å²) in [6.07, 6.45) is 4.47. The van der Waals surface area contributed by atoms with Gasteiger partial charge in [-0.15, -0.1) is 0 Å². The summed E-state index contributed by atoms with van der Waals surface area (Å²) in [7, 11) is 1.42. The molecule has 0 radical (unpaired) electrons. The van der Waals surface area contributed by atoms with Crippen molar-refractivity contribution < 1.29 is 14.6 Å². The molecule has 0 aliphatic rings. The number of benzene rings is 1. The molecule has 0 unspecified atom stereocenters. The monoisotopic (exact) mass is 236 g/mol. The maximum absolute atomic E-state index is 10.9. The smallest absolute Gasteiger partial charge is 0.305 e. The van der Waals surface area contributed by atoms with Gasteiger partial charge in [0.1, 0.15) is 0 Å². The molecule has 0 aliphatic carbocycles. The number of carbonyl (C=O) groups is 1. The Balaban J connectivity index is 2.19. The number of methoxy groups -OCH3 is 1. The summed E-state index contributed by atoms with van der Waals surface area (Å²) in [6, 6.07) is 7.98. The van der Waals surface area contributed by atoms with E-state index >= 15 is 0 Å². The van der Waals surface area contributed by atoms with E-state index in [1.54, 1.807) is 0 Å². The molecule has 0 heterocycles. The predicted molar refractivity (Wildman–Crippen MR) is 66.6 cm³/mol. The van der Waals surface area contributed by atoms with Crippen molar-refractivity contribution in [3.63, 3.8) is 0 Å². The molecule has 0 bridgehead atoms. The molecular formula is C14H20O3. The van der Waals surface area contributed by atoms with Gasteiger partial charge in [0.25, 0.3) is 0 Å². The summed E-state index contributed by atoms with van der Waals surface area (Å²) in [5, 5.41) is 9.01. The van der Waals surface area contributed by atoms with Gasteiger partial charge in [-0.2, -0.15) is 0 Å². The second-order valence-electron chi connectivity index (χ2n) is 4.11. The molecule has 0 aromatic heterocycles. The van der Waals surface area contributed by atoms with Crippen LogP contribution in [0.2, 0.25) is 0 Å². The third kappa shape index (κ3) is 5.50. The van der Waals surface area contributed by atoms with Gasteiger partial charge in [0.05, 0.1) is 13.7 Å². The third-order valence-corrected chi connectivity index (χ3v) is 2.75. The van der Waals surface area contributed by atoms with Crippen molar-refractivity contribution in [3.05, 3.63) is 35.4 Å². The molecule has 0 aliphatic heterocycles. The maximum Gasteiger partial charge on any atom is 0.305 e. The number of aliphatic hydroxyl groups excluding tert-OH is 1. The van der Waals surface area contributed by atoms with Gasteiger partial charge in [-0.05, 0) is 30.4 Å². The molecule has 17 heavy (non-hydrogen) atoms. The normalized spacial score (nSPS) is 10.2. The molecule has 0 saturated carbocycles. The fourth-order valence-corrected chi connectivity index (χ4v) is 1.76. The van der Waals surface area contributed by atoms with Crippen LogP contribution >= 0.6 is 0 Å². The number of aliphatic hydroxyl groups is 1. The lowest BCUT2D eigenvalue weighted by Gasteiger charge is -2.03. The van der Waals surface area contributed by atoms with E-state index in [4.69, 9.17) is 5.11 Å². The highest BCUT2D eigenvalue weighted by atomic mass is 16.5. The van der Waals surface area contributed by atoms with Crippen molar-refractivity contribution in [2.75, 3.05) is 7.11 Å². The van der Waals surface area contributed by atoms with Crippen molar-refractivity contribution in [2.45, 2.75) is 38.7 Å². The van der Waals surface area contributed by atoms with Crippen LogP contribution in [0.25, 0.3) is 0 Å². The van der Waals surface area contributed by atoms with Crippen LogP contribution in [0.5, 0.6) is 0 Å². The van der Waals surface area contributed by atoms with Crippen molar-refractivity contribution in [3.8, 4) is 0 Å². The van der Waals surface area contributed by atoms with Crippen LogP contribution in [-0.2, 0) is 22.6 Å². The van der Waals surface area contributed by atoms with Crippen LogP contribution in [0.15, 0.2) is 24.3 Å². The van der Waals surface area contributed by atoms with Gasteiger partial charge in [-0.3, -0.25) is 4.79 Å². The molecule has 0 fully saturated rings. The molecule has 0 saturated heterocycles. The summed E-state index contributed by atoms with van der Waals surface area (Å²) in [5.41, 5.74) is 2.20. The highest BCUT2D eigenvalue weighted by Gasteiger charge is 2.00. The van der Waals surface area contributed by atoms with Gasteiger partial charge in [0.2, 0.25) is 0 Å². The van der Waals surface area contributed by atoms with Crippen LogP contribution in [0, 0.1) is 0 Å². The molecule has 1 aromatic carbocycles.